The highest BCUT2D eigenvalue weighted by molar-refractivity contribution is 8.00. The molecule has 0 saturated carbocycles. The number of methoxy groups -OCH3 is 1. The van der Waals surface area contributed by atoms with E-state index in [0.29, 0.717) is 6.54 Å². The van der Waals surface area contributed by atoms with Crippen LogP contribution in [0, 0.1) is 0 Å². The summed E-state index contributed by atoms with van der Waals surface area (Å²) >= 11 is 1.54. The Morgan fingerprint density at radius 3 is 2.43 bits per heavy atom. The molecular weight excluding hydrogens is 282 g/mol. The molecular formula is C17H19NO2S. The van der Waals surface area contributed by atoms with Crippen LogP contribution in [-0.4, -0.2) is 18.3 Å². The molecule has 0 saturated heterocycles. The normalized spacial score (nSPS) is 11.7. The first-order valence-electron chi connectivity index (χ1n) is 6.81. The molecule has 2 aromatic carbocycles. The predicted octanol–water partition coefficient (Wildman–Crippen LogP) is 3.49. The Kier molecular flexibility index (Phi) is 5.69. The Labute approximate surface area is 129 Å². The number of hydrogen-bond donors (Lipinski definition) is 1. The van der Waals surface area contributed by atoms with Crippen molar-refractivity contribution in [1.82, 2.24) is 5.32 Å². The van der Waals surface area contributed by atoms with Crippen LogP contribution in [-0.2, 0) is 11.3 Å². The van der Waals surface area contributed by atoms with Crippen molar-refractivity contribution in [2.45, 2.75) is 23.6 Å². The van der Waals surface area contributed by atoms with E-state index >= 15 is 0 Å². The standard InChI is InChI=1S/C17H19NO2S/c1-13(21-16-10-8-15(20-2)9-11-16)17(19)18-12-14-6-4-3-5-7-14/h3-11,13H,12H2,1-2H3,(H,18,19)/t13-/m1/s1. The number of rotatable bonds is 6. The fraction of sp³-hybridized carbons (Fsp3) is 0.235. The van der Waals surface area contributed by atoms with Crippen LogP contribution in [0.4, 0.5) is 0 Å². The van der Waals surface area contributed by atoms with Gasteiger partial charge in [0.1, 0.15) is 5.75 Å². The average Bonchev–Trinajstić information content (AvgIpc) is 2.54. The zero-order valence-corrected chi connectivity index (χ0v) is 13.0. The molecule has 0 aromatic heterocycles. The van der Waals surface area contributed by atoms with Crippen LogP contribution in [0.3, 0.4) is 0 Å². The van der Waals surface area contributed by atoms with Crippen LogP contribution in [0.15, 0.2) is 59.5 Å². The van der Waals surface area contributed by atoms with Gasteiger partial charge in [0.05, 0.1) is 12.4 Å². The number of amides is 1. The number of nitrogens with one attached hydrogen (secondary N) is 1. The number of ether oxygens (including phenoxy) is 1. The fourth-order valence-corrected chi connectivity index (χ4v) is 2.73. The molecule has 0 fully saturated rings. The molecule has 0 bridgehead atoms. The lowest BCUT2D eigenvalue weighted by atomic mass is 10.2. The van der Waals surface area contributed by atoms with Crippen LogP contribution in [0.2, 0.25) is 0 Å². The summed E-state index contributed by atoms with van der Waals surface area (Å²) < 4.78 is 5.12. The third-order valence-corrected chi connectivity index (χ3v) is 4.16. The molecule has 21 heavy (non-hydrogen) atoms. The van der Waals surface area contributed by atoms with Gasteiger partial charge >= 0.3 is 0 Å². The predicted molar refractivity (Wildman–Crippen MR) is 86.6 cm³/mol. The maximum atomic E-state index is 12.1. The van der Waals surface area contributed by atoms with Crippen molar-refractivity contribution in [3.8, 4) is 5.75 Å². The molecule has 0 heterocycles. The Morgan fingerprint density at radius 2 is 1.81 bits per heavy atom. The van der Waals surface area contributed by atoms with Crippen molar-refractivity contribution in [3.63, 3.8) is 0 Å². The number of hydrogen-bond acceptors (Lipinski definition) is 3. The van der Waals surface area contributed by atoms with Gasteiger partial charge in [-0.15, -0.1) is 11.8 Å². The Morgan fingerprint density at radius 1 is 1.14 bits per heavy atom. The summed E-state index contributed by atoms with van der Waals surface area (Å²) in [5, 5.41) is 2.82. The lowest BCUT2D eigenvalue weighted by Crippen LogP contribution is -2.30. The van der Waals surface area contributed by atoms with Gasteiger partial charge in [-0.1, -0.05) is 30.3 Å². The minimum absolute atomic E-state index is 0.0414. The molecule has 1 N–H and O–H groups in total. The minimum atomic E-state index is -0.137. The number of thioether (sulfide) groups is 1. The van der Waals surface area contributed by atoms with Gasteiger partial charge in [0.25, 0.3) is 0 Å². The SMILES string of the molecule is COc1ccc(S[C@H](C)C(=O)NCc2ccccc2)cc1. The van der Waals surface area contributed by atoms with Gasteiger partial charge in [0, 0.05) is 11.4 Å². The maximum Gasteiger partial charge on any atom is 0.233 e. The van der Waals surface area contributed by atoms with E-state index in [-0.39, 0.29) is 11.2 Å². The molecule has 0 spiro atoms. The van der Waals surface area contributed by atoms with Crippen molar-refractivity contribution in [2.24, 2.45) is 0 Å². The summed E-state index contributed by atoms with van der Waals surface area (Å²) in [6.45, 7) is 2.47. The van der Waals surface area contributed by atoms with E-state index in [2.05, 4.69) is 5.32 Å². The average molecular weight is 301 g/mol. The Bertz CT molecular complexity index is 569. The van der Waals surface area contributed by atoms with Crippen LogP contribution < -0.4 is 10.1 Å². The molecule has 1 amide bonds. The first-order chi connectivity index (χ1) is 10.2. The molecule has 0 aliphatic rings. The molecule has 1 atom stereocenters. The van der Waals surface area contributed by atoms with Crippen molar-refractivity contribution < 1.29 is 9.53 Å². The Hall–Kier alpha value is -1.94. The highest BCUT2D eigenvalue weighted by Crippen LogP contribution is 2.25. The fourth-order valence-electron chi connectivity index (χ4n) is 1.84. The number of benzene rings is 2. The van der Waals surface area contributed by atoms with Crippen molar-refractivity contribution in [3.05, 3.63) is 60.2 Å². The van der Waals surface area contributed by atoms with E-state index in [1.807, 2.05) is 61.5 Å². The van der Waals surface area contributed by atoms with E-state index in [0.717, 1.165) is 16.2 Å². The Balaban J connectivity index is 1.84. The zero-order chi connectivity index (χ0) is 15.1. The topological polar surface area (TPSA) is 38.3 Å². The highest BCUT2D eigenvalue weighted by atomic mass is 32.2. The smallest absolute Gasteiger partial charge is 0.233 e. The van der Waals surface area contributed by atoms with Gasteiger partial charge < -0.3 is 10.1 Å². The maximum absolute atomic E-state index is 12.1. The summed E-state index contributed by atoms with van der Waals surface area (Å²) in [4.78, 5) is 13.1. The first kappa shape index (κ1) is 15.4. The van der Waals surface area contributed by atoms with E-state index in [1.54, 1.807) is 7.11 Å². The van der Waals surface area contributed by atoms with Crippen molar-refractivity contribution in [2.75, 3.05) is 7.11 Å². The summed E-state index contributed by atoms with van der Waals surface area (Å²) in [7, 11) is 1.64. The van der Waals surface area contributed by atoms with Crippen LogP contribution in [0.5, 0.6) is 5.75 Å². The van der Waals surface area contributed by atoms with Crippen molar-refractivity contribution >= 4 is 17.7 Å². The molecule has 2 aromatic rings. The second-order valence-electron chi connectivity index (χ2n) is 4.64. The molecule has 0 unspecified atom stereocenters. The van der Waals surface area contributed by atoms with Gasteiger partial charge in [-0.2, -0.15) is 0 Å². The van der Waals surface area contributed by atoms with Gasteiger partial charge in [-0.25, -0.2) is 0 Å². The number of carbonyl (C=O) groups is 1. The van der Waals surface area contributed by atoms with E-state index in [4.69, 9.17) is 4.74 Å². The monoisotopic (exact) mass is 301 g/mol. The summed E-state index contributed by atoms with van der Waals surface area (Å²) in [5.74, 6) is 0.861. The van der Waals surface area contributed by atoms with Crippen LogP contribution in [0.25, 0.3) is 0 Å². The van der Waals surface area contributed by atoms with Gasteiger partial charge in [0.2, 0.25) is 5.91 Å². The zero-order valence-electron chi connectivity index (χ0n) is 12.2. The van der Waals surface area contributed by atoms with E-state index in [9.17, 15) is 4.79 Å². The third-order valence-electron chi connectivity index (χ3n) is 3.05. The largest absolute Gasteiger partial charge is 0.497 e. The van der Waals surface area contributed by atoms with E-state index in [1.165, 1.54) is 11.8 Å². The highest BCUT2D eigenvalue weighted by Gasteiger charge is 2.13. The molecule has 0 radical (unpaired) electrons. The molecule has 0 aliphatic carbocycles. The van der Waals surface area contributed by atoms with Crippen LogP contribution >= 0.6 is 11.8 Å². The quantitative estimate of drug-likeness (QED) is 0.830. The van der Waals surface area contributed by atoms with Crippen LogP contribution in [0.1, 0.15) is 12.5 Å². The van der Waals surface area contributed by atoms with Gasteiger partial charge in [-0.05, 0) is 36.8 Å². The first-order valence-corrected chi connectivity index (χ1v) is 7.69. The van der Waals surface area contributed by atoms with E-state index < -0.39 is 0 Å². The molecule has 0 aliphatic heterocycles. The van der Waals surface area contributed by atoms with Crippen molar-refractivity contribution in [1.29, 1.82) is 0 Å². The second-order valence-corrected chi connectivity index (χ2v) is 6.05. The minimum Gasteiger partial charge on any atom is -0.497 e. The molecule has 4 heteroatoms. The molecule has 2 rings (SSSR count). The van der Waals surface area contributed by atoms with Gasteiger partial charge in [0.15, 0.2) is 0 Å². The lowest BCUT2D eigenvalue weighted by molar-refractivity contribution is -0.120. The summed E-state index contributed by atoms with van der Waals surface area (Å²) in [5.41, 5.74) is 1.10. The number of carbonyl (C=O) groups excluding carboxylic acids is 1. The molecule has 110 valence electrons. The molecule has 3 nitrogen and oxygen atoms in total. The van der Waals surface area contributed by atoms with Gasteiger partial charge in [-0.3, -0.25) is 4.79 Å². The third kappa shape index (κ3) is 4.83. The lowest BCUT2D eigenvalue weighted by Gasteiger charge is -2.12. The summed E-state index contributed by atoms with van der Waals surface area (Å²) in [6.07, 6.45) is 0. The second kappa shape index (κ2) is 7.74. The summed E-state index contributed by atoms with van der Waals surface area (Å²) in [6, 6.07) is 17.6.